The lowest BCUT2D eigenvalue weighted by molar-refractivity contribution is 0.157. The van der Waals surface area contributed by atoms with Crippen molar-refractivity contribution < 1.29 is 0 Å². The van der Waals surface area contributed by atoms with Gasteiger partial charge >= 0.3 is 0 Å². The van der Waals surface area contributed by atoms with E-state index in [2.05, 4.69) is 17.1 Å². The molecule has 3 saturated carbocycles. The van der Waals surface area contributed by atoms with Gasteiger partial charge in [0.15, 0.2) is 0 Å². The van der Waals surface area contributed by atoms with E-state index >= 15 is 0 Å². The Morgan fingerprint density at radius 1 is 1.12 bits per heavy atom. The molecule has 1 saturated heterocycles. The Hall–Kier alpha value is -0.0800. The SMILES string of the molecule is CCNC1CCCN(C2C3C4CCC(C4)C32)C1. The second-order valence-electron chi connectivity index (χ2n) is 6.87. The van der Waals surface area contributed by atoms with Crippen molar-refractivity contribution >= 4 is 0 Å². The molecule has 3 aliphatic carbocycles. The predicted octanol–water partition coefficient (Wildman–Crippen LogP) is 2.10. The number of likely N-dealkylation sites (tertiary alicyclic amines) is 1. The van der Waals surface area contributed by atoms with Gasteiger partial charge in [-0.2, -0.15) is 0 Å². The summed E-state index contributed by atoms with van der Waals surface area (Å²) < 4.78 is 0. The van der Waals surface area contributed by atoms with Crippen LogP contribution in [0, 0.1) is 23.7 Å². The first-order valence-corrected chi connectivity index (χ1v) is 7.86. The van der Waals surface area contributed by atoms with Crippen LogP contribution in [0.4, 0.5) is 0 Å². The lowest BCUT2D eigenvalue weighted by atomic mass is 10.0. The molecule has 2 nitrogen and oxygen atoms in total. The standard InChI is InChI=1S/C15H26N2/c1-2-16-12-4-3-7-17(9-12)15-13-10-5-6-11(8-10)14(13)15/h10-16H,2-9H2,1H3. The molecule has 0 aromatic rings. The molecule has 5 unspecified atom stereocenters. The Bertz CT molecular complexity index is 285. The van der Waals surface area contributed by atoms with Crippen molar-refractivity contribution in [3.63, 3.8) is 0 Å². The largest absolute Gasteiger partial charge is 0.313 e. The van der Waals surface area contributed by atoms with Crippen LogP contribution in [0.3, 0.4) is 0 Å². The van der Waals surface area contributed by atoms with Crippen LogP contribution in [-0.2, 0) is 0 Å². The number of rotatable bonds is 3. The predicted molar refractivity (Wildman–Crippen MR) is 69.9 cm³/mol. The van der Waals surface area contributed by atoms with E-state index in [4.69, 9.17) is 0 Å². The third kappa shape index (κ3) is 1.60. The number of hydrogen-bond acceptors (Lipinski definition) is 2. The molecule has 96 valence electrons. The van der Waals surface area contributed by atoms with Crippen molar-refractivity contribution in [1.29, 1.82) is 0 Å². The van der Waals surface area contributed by atoms with Crippen molar-refractivity contribution in [2.24, 2.45) is 23.7 Å². The fraction of sp³-hybridized carbons (Fsp3) is 1.00. The molecule has 17 heavy (non-hydrogen) atoms. The van der Waals surface area contributed by atoms with Crippen molar-refractivity contribution in [3.05, 3.63) is 0 Å². The topological polar surface area (TPSA) is 15.3 Å². The Kier molecular flexibility index (Phi) is 2.52. The summed E-state index contributed by atoms with van der Waals surface area (Å²) in [6, 6.07) is 1.80. The summed E-state index contributed by atoms with van der Waals surface area (Å²) in [7, 11) is 0. The first kappa shape index (κ1) is 10.8. The number of nitrogens with zero attached hydrogens (tertiary/aromatic N) is 1. The van der Waals surface area contributed by atoms with Gasteiger partial charge in [-0.25, -0.2) is 0 Å². The molecule has 1 heterocycles. The molecule has 1 aliphatic heterocycles. The summed E-state index contributed by atoms with van der Waals surface area (Å²) in [6.07, 6.45) is 7.54. The third-order valence-corrected chi connectivity index (χ3v) is 6.06. The minimum absolute atomic E-state index is 0.785. The second kappa shape index (κ2) is 3.96. The summed E-state index contributed by atoms with van der Waals surface area (Å²) in [5, 5.41) is 3.66. The van der Waals surface area contributed by atoms with Gasteiger partial charge in [-0.05, 0) is 68.9 Å². The number of piperidine rings is 1. The van der Waals surface area contributed by atoms with Gasteiger partial charge in [0, 0.05) is 18.6 Å². The van der Waals surface area contributed by atoms with E-state index in [1.807, 2.05) is 0 Å². The summed E-state index contributed by atoms with van der Waals surface area (Å²) in [5.41, 5.74) is 0. The van der Waals surface area contributed by atoms with E-state index in [1.54, 1.807) is 19.3 Å². The average molecular weight is 234 g/mol. The van der Waals surface area contributed by atoms with E-state index in [9.17, 15) is 0 Å². The van der Waals surface area contributed by atoms with E-state index in [-0.39, 0.29) is 0 Å². The maximum Gasteiger partial charge on any atom is 0.0195 e. The van der Waals surface area contributed by atoms with Crippen LogP contribution in [0.1, 0.15) is 39.0 Å². The number of fused-ring (bicyclic) bond motifs is 5. The van der Waals surface area contributed by atoms with Gasteiger partial charge in [-0.3, -0.25) is 4.90 Å². The molecule has 0 spiro atoms. The molecular formula is C15H26N2. The zero-order valence-electron chi connectivity index (χ0n) is 11.1. The summed E-state index contributed by atoms with van der Waals surface area (Å²) in [4.78, 5) is 2.86. The monoisotopic (exact) mass is 234 g/mol. The first-order chi connectivity index (χ1) is 8.38. The summed E-state index contributed by atoms with van der Waals surface area (Å²) in [5.74, 6) is 4.53. The van der Waals surface area contributed by atoms with E-state index in [0.29, 0.717) is 0 Å². The zero-order chi connectivity index (χ0) is 11.4. The number of likely N-dealkylation sites (N-methyl/N-ethyl adjacent to an activating group) is 1. The van der Waals surface area contributed by atoms with Crippen LogP contribution in [-0.4, -0.2) is 36.6 Å². The normalized spacial score (nSPS) is 52.8. The Morgan fingerprint density at radius 2 is 1.88 bits per heavy atom. The molecule has 4 fully saturated rings. The van der Waals surface area contributed by atoms with Crippen molar-refractivity contribution in [3.8, 4) is 0 Å². The number of nitrogens with one attached hydrogen (secondary N) is 1. The van der Waals surface area contributed by atoms with Gasteiger partial charge in [-0.1, -0.05) is 6.92 Å². The lowest BCUT2D eigenvalue weighted by Gasteiger charge is -2.34. The lowest BCUT2D eigenvalue weighted by Crippen LogP contribution is -2.47. The van der Waals surface area contributed by atoms with E-state index in [0.717, 1.165) is 42.3 Å². The Balaban J connectivity index is 1.40. The van der Waals surface area contributed by atoms with Gasteiger partial charge in [0.1, 0.15) is 0 Å². The van der Waals surface area contributed by atoms with Gasteiger partial charge in [0.05, 0.1) is 0 Å². The average Bonchev–Trinajstić information content (AvgIpc) is 2.79. The van der Waals surface area contributed by atoms with Crippen LogP contribution in [0.5, 0.6) is 0 Å². The zero-order valence-corrected chi connectivity index (χ0v) is 11.1. The molecular weight excluding hydrogens is 208 g/mol. The van der Waals surface area contributed by atoms with Crippen LogP contribution in [0.2, 0.25) is 0 Å². The molecule has 1 N–H and O–H groups in total. The molecule has 4 rings (SSSR count). The Morgan fingerprint density at radius 3 is 2.59 bits per heavy atom. The maximum absolute atomic E-state index is 3.66. The van der Waals surface area contributed by atoms with Crippen LogP contribution in [0.15, 0.2) is 0 Å². The van der Waals surface area contributed by atoms with Gasteiger partial charge < -0.3 is 5.32 Å². The van der Waals surface area contributed by atoms with Crippen molar-refractivity contribution in [2.45, 2.75) is 51.1 Å². The highest BCUT2D eigenvalue weighted by Crippen LogP contribution is 2.67. The second-order valence-corrected chi connectivity index (χ2v) is 6.87. The minimum Gasteiger partial charge on any atom is -0.313 e. The fourth-order valence-electron chi connectivity index (χ4n) is 5.50. The molecule has 0 amide bonds. The molecule has 0 aromatic heterocycles. The maximum atomic E-state index is 3.66. The molecule has 0 radical (unpaired) electrons. The molecule has 2 bridgehead atoms. The van der Waals surface area contributed by atoms with Crippen LogP contribution in [0.25, 0.3) is 0 Å². The van der Waals surface area contributed by atoms with Crippen molar-refractivity contribution in [2.75, 3.05) is 19.6 Å². The quantitative estimate of drug-likeness (QED) is 0.804. The summed E-state index contributed by atoms with van der Waals surface area (Å²) >= 11 is 0. The van der Waals surface area contributed by atoms with E-state index < -0.39 is 0 Å². The summed E-state index contributed by atoms with van der Waals surface area (Å²) in [6.45, 7) is 6.11. The fourth-order valence-corrected chi connectivity index (χ4v) is 5.50. The molecule has 4 aliphatic rings. The highest BCUT2D eigenvalue weighted by atomic mass is 15.2. The number of hydrogen-bond donors (Lipinski definition) is 1. The first-order valence-electron chi connectivity index (χ1n) is 7.86. The third-order valence-electron chi connectivity index (χ3n) is 6.06. The van der Waals surface area contributed by atoms with Crippen LogP contribution < -0.4 is 5.32 Å². The van der Waals surface area contributed by atoms with Gasteiger partial charge in [0.25, 0.3) is 0 Å². The van der Waals surface area contributed by atoms with E-state index in [1.165, 1.54) is 25.9 Å². The minimum atomic E-state index is 0.785. The van der Waals surface area contributed by atoms with Crippen molar-refractivity contribution in [1.82, 2.24) is 10.2 Å². The molecule has 0 aromatic carbocycles. The molecule has 2 heteroatoms. The van der Waals surface area contributed by atoms with Gasteiger partial charge in [0.2, 0.25) is 0 Å². The smallest absolute Gasteiger partial charge is 0.0195 e. The molecule has 5 atom stereocenters. The highest BCUT2D eigenvalue weighted by molar-refractivity contribution is 5.17. The van der Waals surface area contributed by atoms with Gasteiger partial charge in [-0.15, -0.1) is 0 Å². The Labute approximate surface area is 105 Å². The van der Waals surface area contributed by atoms with Crippen LogP contribution >= 0.6 is 0 Å². The highest BCUT2D eigenvalue weighted by Gasteiger charge is 2.66.